The van der Waals surface area contributed by atoms with Gasteiger partial charge in [-0.2, -0.15) is 4.57 Å². The molecule has 1 rings (SSSR count). The minimum Gasteiger partial charge on any atom is -1.00 e. The van der Waals surface area contributed by atoms with Crippen molar-refractivity contribution in [3.05, 3.63) is 30.6 Å². The Morgan fingerprint density at radius 1 is 1.20 bits per heavy atom. The summed E-state index contributed by atoms with van der Waals surface area (Å²) in [6, 6.07) is 5.53. The van der Waals surface area contributed by atoms with Crippen LogP contribution in [0.3, 0.4) is 0 Å². The SMILES string of the molecule is CC(=O)OCC(=O)C[n+]1ccccc1.[Cl-]. The lowest BCUT2D eigenvalue weighted by Gasteiger charge is -1.98. The van der Waals surface area contributed by atoms with Crippen molar-refractivity contribution in [1.29, 1.82) is 0 Å². The fraction of sp³-hybridized carbons (Fsp3) is 0.300. The van der Waals surface area contributed by atoms with Crippen molar-refractivity contribution in [2.75, 3.05) is 6.61 Å². The van der Waals surface area contributed by atoms with Crippen LogP contribution in [0.1, 0.15) is 6.92 Å². The van der Waals surface area contributed by atoms with Gasteiger partial charge in [0.15, 0.2) is 19.0 Å². The van der Waals surface area contributed by atoms with Crippen molar-refractivity contribution in [3.63, 3.8) is 0 Å². The Morgan fingerprint density at radius 3 is 2.33 bits per heavy atom. The van der Waals surface area contributed by atoms with Gasteiger partial charge in [0.25, 0.3) is 0 Å². The molecule has 0 aliphatic carbocycles. The van der Waals surface area contributed by atoms with Crippen LogP contribution in [-0.4, -0.2) is 18.4 Å². The van der Waals surface area contributed by atoms with E-state index in [1.807, 2.05) is 18.2 Å². The number of rotatable bonds is 4. The zero-order chi connectivity index (χ0) is 10.4. The quantitative estimate of drug-likeness (QED) is 0.412. The summed E-state index contributed by atoms with van der Waals surface area (Å²) in [5.41, 5.74) is 0. The van der Waals surface area contributed by atoms with Crippen molar-refractivity contribution in [2.45, 2.75) is 13.5 Å². The van der Waals surface area contributed by atoms with Gasteiger partial charge in [-0.05, 0) is 0 Å². The van der Waals surface area contributed by atoms with E-state index in [2.05, 4.69) is 4.74 Å². The first-order valence-electron chi connectivity index (χ1n) is 4.27. The maximum Gasteiger partial charge on any atom is 0.303 e. The summed E-state index contributed by atoms with van der Waals surface area (Å²) >= 11 is 0. The highest BCUT2D eigenvalue weighted by molar-refractivity contribution is 5.80. The maximum absolute atomic E-state index is 11.2. The highest BCUT2D eigenvalue weighted by Crippen LogP contribution is 1.82. The summed E-state index contributed by atoms with van der Waals surface area (Å²) in [7, 11) is 0. The number of pyridine rings is 1. The van der Waals surface area contributed by atoms with Crippen LogP contribution in [0.25, 0.3) is 0 Å². The van der Waals surface area contributed by atoms with E-state index in [1.165, 1.54) is 6.92 Å². The second kappa shape index (κ2) is 6.95. The van der Waals surface area contributed by atoms with Crippen LogP contribution in [0.5, 0.6) is 0 Å². The van der Waals surface area contributed by atoms with E-state index < -0.39 is 5.97 Å². The van der Waals surface area contributed by atoms with Crippen LogP contribution in [-0.2, 0) is 20.9 Å². The molecular weight excluding hydrogens is 218 g/mol. The Labute approximate surface area is 94.3 Å². The predicted molar refractivity (Wildman–Crippen MR) is 48.3 cm³/mol. The molecule has 15 heavy (non-hydrogen) atoms. The predicted octanol–water partition coefficient (Wildman–Crippen LogP) is -2.89. The van der Waals surface area contributed by atoms with Crippen molar-refractivity contribution >= 4 is 11.8 Å². The van der Waals surface area contributed by atoms with E-state index in [-0.39, 0.29) is 31.3 Å². The number of aromatic nitrogens is 1. The molecule has 1 aromatic heterocycles. The first-order valence-corrected chi connectivity index (χ1v) is 4.27. The van der Waals surface area contributed by atoms with Gasteiger partial charge in [-0.1, -0.05) is 6.07 Å². The molecule has 5 heteroatoms. The normalized spacial score (nSPS) is 8.87. The average molecular weight is 230 g/mol. The number of hydrogen-bond donors (Lipinski definition) is 0. The molecule has 0 bridgehead atoms. The number of nitrogens with zero attached hydrogens (tertiary/aromatic N) is 1. The topological polar surface area (TPSA) is 47.3 Å². The lowest BCUT2D eigenvalue weighted by Crippen LogP contribution is -3.00. The van der Waals surface area contributed by atoms with E-state index in [1.54, 1.807) is 17.0 Å². The molecule has 0 spiro atoms. The Hall–Kier alpha value is -1.42. The van der Waals surface area contributed by atoms with Gasteiger partial charge in [-0.3, -0.25) is 9.59 Å². The van der Waals surface area contributed by atoms with Crippen LogP contribution in [0.2, 0.25) is 0 Å². The van der Waals surface area contributed by atoms with Crippen LogP contribution in [0.4, 0.5) is 0 Å². The van der Waals surface area contributed by atoms with Gasteiger partial charge in [0.05, 0.1) is 0 Å². The molecular formula is C10H12ClNO3. The number of halogens is 1. The molecule has 0 saturated carbocycles. The summed E-state index contributed by atoms with van der Waals surface area (Å²) in [4.78, 5) is 21.6. The van der Waals surface area contributed by atoms with Gasteiger partial charge in [-0.15, -0.1) is 0 Å². The lowest BCUT2D eigenvalue weighted by atomic mass is 10.4. The van der Waals surface area contributed by atoms with E-state index in [9.17, 15) is 9.59 Å². The minimum atomic E-state index is -0.434. The zero-order valence-electron chi connectivity index (χ0n) is 8.35. The highest BCUT2D eigenvalue weighted by atomic mass is 35.5. The van der Waals surface area contributed by atoms with Crippen molar-refractivity contribution in [2.24, 2.45) is 0 Å². The smallest absolute Gasteiger partial charge is 0.303 e. The van der Waals surface area contributed by atoms with E-state index in [0.29, 0.717) is 0 Å². The molecule has 0 aromatic carbocycles. The lowest BCUT2D eigenvalue weighted by molar-refractivity contribution is -0.684. The first-order chi connectivity index (χ1) is 6.68. The highest BCUT2D eigenvalue weighted by Gasteiger charge is 2.09. The monoisotopic (exact) mass is 229 g/mol. The van der Waals surface area contributed by atoms with Gasteiger partial charge in [0.2, 0.25) is 12.3 Å². The van der Waals surface area contributed by atoms with E-state index in [0.717, 1.165) is 0 Å². The summed E-state index contributed by atoms with van der Waals surface area (Å²) in [6.45, 7) is 1.36. The molecule has 0 radical (unpaired) electrons. The average Bonchev–Trinajstić information content (AvgIpc) is 2.16. The molecule has 1 heterocycles. The molecule has 0 unspecified atom stereocenters. The molecule has 4 nitrogen and oxygen atoms in total. The fourth-order valence-electron chi connectivity index (χ4n) is 0.971. The van der Waals surface area contributed by atoms with E-state index in [4.69, 9.17) is 0 Å². The maximum atomic E-state index is 11.2. The van der Waals surface area contributed by atoms with Gasteiger partial charge >= 0.3 is 5.97 Å². The molecule has 1 aromatic rings. The number of esters is 1. The molecule has 0 amide bonds. The van der Waals surface area contributed by atoms with Crippen molar-refractivity contribution < 1.29 is 31.3 Å². The fourth-order valence-corrected chi connectivity index (χ4v) is 0.971. The first kappa shape index (κ1) is 13.6. The Bertz CT molecular complexity index is 327. The molecule has 0 atom stereocenters. The number of Topliss-reactive ketones (excluding diaryl/α,β-unsaturated/α-hetero) is 1. The Balaban J connectivity index is 0.00000196. The number of ketones is 1. The summed E-state index contributed by atoms with van der Waals surface area (Å²) in [5.74, 6) is -0.562. The van der Waals surface area contributed by atoms with Gasteiger partial charge < -0.3 is 17.1 Å². The second-order valence-corrected chi connectivity index (χ2v) is 2.87. The number of carbonyl (C=O) groups excluding carboxylic acids is 2. The van der Waals surface area contributed by atoms with Gasteiger partial charge in [0, 0.05) is 19.1 Å². The summed E-state index contributed by atoms with van der Waals surface area (Å²) < 4.78 is 6.30. The molecule has 0 aliphatic rings. The van der Waals surface area contributed by atoms with Crippen LogP contribution >= 0.6 is 0 Å². The third-order valence-corrected chi connectivity index (χ3v) is 1.57. The van der Waals surface area contributed by atoms with Crippen molar-refractivity contribution in [1.82, 2.24) is 0 Å². The molecule has 82 valence electrons. The van der Waals surface area contributed by atoms with Crippen LogP contribution in [0.15, 0.2) is 30.6 Å². The van der Waals surface area contributed by atoms with Crippen molar-refractivity contribution in [3.8, 4) is 0 Å². The third-order valence-electron chi connectivity index (χ3n) is 1.57. The number of carbonyl (C=O) groups is 2. The Kier molecular flexibility index (Phi) is 6.29. The molecule has 0 N–H and O–H groups in total. The summed E-state index contributed by atoms with van der Waals surface area (Å²) in [5, 5.41) is 0. The molecule has 0 aliphatic heterocycles. The largest absolute Gasteiger partial charge is 1.00 e. The van der Waals surface area contributed by atoms with Crippen LogP contribution < -0.4 is 17.0 Å². The number of hydrogen-bond acceptors (Lipinski definition) is 3. The minimum absolute atomic E-state index is 0. The standard InChI is InChI=1S/C10H12NO3.ClH/c1-9(12)14-8-10(13)7-11-5-3-2-4-6-11;/h2-6H,7-8H2,1H3;1H/q+1;/p-1. The Morgan fingerprint density at radius 2 is 1.80 bits per heavy atom. The van der Waals surface area contributed by atoms with Gasteiger partial charge in [0.1, 0.15) is 0 Å². The number of ether oxygens (including phenoxy) is 1. The van der Waals surface area contributed by atoms with E-state index >= 15 is 0 Å². The summed E-state index contributed by atoms with van der Waals surface area (Å²) in [6.07, 6.45) is 3.57. The van der Waals surface area contributed by atoms with Gasteiger partial charge in [-0.25, -0.2) is 0 Å². The third kappa shape index (κ3) is 5.80. The molecule has 0 fully saturated rings. The van der Waals surface area contributed by atoms with Crippen LogP contribution in [0, 0.1) is 0 Å². The zero-order valence-corrected chi connectivity index (χ0v) is 9.11. The molecule has 0 saturated heterocycles. The second-order valence-electron chi connectivity index (χ2n) is 2.87.